The molecule has 1 heterocycles. The Hall–Kier alpha value is -1.47. The fraction of sp³-hybridized carbons (Fsp3) is 0.545. The van der Waals surface area contributed by atoms with Crippen molar-refractivity contribution in [2.45, 2.75) is 25.3 Å². The number of aromatic carboxylic acids is 1. The van der Waals surface area contributed by atoms with E-state index in [1.54, 1.807) is 0 Å². The van der Waals surface area contributed by atoms with Crippen molar-refractivity contribution in [1.82, 2.24) is 15.6 Å². The molecule has 0 aliphatic heterocycles. The Balaban J connectivity index is 1.67. The molecular weight excluding hydrogens is 254 g/mol. The minimum absolute atomic E-state index is 0.0828. The summed E-state index contributed by atoms with van der Waals surface area (Å²) in [6.45, 7) is 1.46. The van der Waals surface area contributed by atoms with E-state index in [1.807, 2.05) is 0 Å². The van der Waals surface area contributed by atoms with Gasteiger partial charge in [-0.3, -0.25) is 4.79 Å². The molecule has 6 nitrogen and oxygen atoms in total. The maximum atomic E-state index is 11.6. The molecule has 0 spiro atoms. The normalized spacial score (nSPS) is 14.4. The molecule has 1 fully saturated rings. The molecule has 0 saturated heterocycles. The molecule has 0 radical (unpaired) electrons. The van der Waals surface area contributed by atoms with Crippen LogP contribution in [0.2, 0.25) is 0 Å². The van der Waals surface area contributed by atoms with Gasteiger partial charge in [-0.1, -0.05) is 0 Å². The number of carboxylic acid groups (broad SMARTS) is 1. The molecule has 1 saturated carbocycles. The molecule has 1 aromatic rings. The van der Waals surface area contributed by atoms with E-state index in [0.717, 1.165) is 24.3 Å². The summed E-state index contributed by atoms with van der Waals surface area (Å²) in [7, 11) is 0. The van der Waals surface area contributed by atoms with Gasteiger partial charge in [0.15, 0.2) is 10.7 Å². The Labute approximate surface area is 108 Å². The molecule has 1 aliphatic carbocycles. The lowest BCUT2D eigenvalue weighted by Gasteiger charge is -2.03. The highest BCUT2D eigenvalue weighted by molar-refractivity contribution is 7.11. The van der Waals surface area contributed by atoms with Crippen LogP contribution in [-0.4, -0.2) is 41.1 Å². The quantitative estimate of drug-likeness (QED) is 0.634. The topological polar surface area (TPSA) is 91.3 Å². The summed E-state index contributed by atoms with van der Waals surface area (Å²) >= 11 is 1.05. The van der Waals surface area contributed by atoms with Crippen LogP contribution in [0.5, 0.6) is 0 Å². The third kappa shape index (κ3) is 3.78. The molecule has 1 amide bonds. The average Bonchev–Trinajstić information content (AvgIpc) is 3.02. The van der Waals surface area contributed by atoms with E-state index in [2.05, 4.69) is 15.6 Å². The summed E-state index contributed by atoms with van der Waals surface area (Å²) in [5, 5.41) is 16.3. The fourth-order valence-corrected chi connectivity index (χ4v) is 2.14. The van der Waals surface area contributed by atoms with Crippen molar-refractivity contribution in [3.8, 4) is 0 Å². The molecule has 0 atom stereocenters. The minimum Gasteiger partial charge on any atom is -0.476 e. The van der Waals surface area contributed by atoms with E-state index in [9.17, 15) is 9.59 Å². The summed E-state index contributed by atoms with van der Waals surface area (Å²) in [5.74, 6) is -1.42. The van der Waals surface area contributed by atoms with E-state index < -0.39 is 5.97 Å². The molecule has 0 aromatic carbocycles. The van der Waals surface area contributed by atoms with Crippen molar-refractivity contribution in [1.29, 1.82) is 0 Å². The number of carbonyl (C=O) groups excluding carboxylic acids is 1. The summed E-state index contributed by atoms with van der Waals surface area (Å²) in [4.78, 5) is 26.0. The number of nitrogens with zero attached hydrogens (tertiary/aromatic N) is 1. The standard InChI is InChI=1S/C11H15N3O3S/c15-9(10-14-8(6-18-10)11(16)17)13-5-1-4-12-7-2-3-7/h6-7,12H,1-5H2,(H,13,15)(H,16,17). The molecule has 0 unspecified atom stereocenters. The van der Waals surface area contributed by atoms with Gasteiger partial charge in [0.05, 0.1) is 0 Å². The second-order valence-electron chi connectivity index (χ2n) is 4.18. The van der Waals surface area contributed by atoms with Gasteiger partial charge < -0.3 is 15.7 Å². The van der Waals surface area contributed by atoms with Crippen LogP contribution >= 0.6 is 11.3 Å². The van der Waals surface area contributed by atoms with Gasteiger partial charge in [0.25, 0.3) is 5.91 Å². The van der Waals surface area contributed by atoms with Gasteiger partial charge >= 0.3 is 5.97 Å². The van der Waals surface area contributed by atoms with E-state index in [-0.39, 0.29) is 16.6 Å². The minimum atomic E-state index is -1.11. The Morgan fingerprint density at radius 3 is 2.83 bits per heavy atom. The van der Waals surface area contributed by atoms with Crippen LogP contribution in [-0.2, 0) is 0 Å². The predicted molar refractivity (Wildman–Crippen MR) is 67.0 cm³/mol. The Kier molecular flexibility index (Phi) is 4.27. The predicted octanol–water partition coefficient (Wildman–Crippen LogP) is 0.713. The number of hydrogen-bond acceptors (Lipinski definition) is 5. The monoisotopic (exact) mass is 269 g/mol. The molecule has 18 heavy (non-hydrogen) atoms. The van der Waals surface area contributed by atoms with Gasteiger partial charge in [-0.15, -0.1) is 11.3 Å². The highest BCUT2D eigenvalue weighted by Gasteiger charge is 2.19. The largest absolute Gasteiger partial charge is 0.476 e. The van der Waals surface area contributed by atoms with Crippen LogP contribution in [0, 0.1) is 0 Å². The second-order valence-corrected chi connectivity index (χ2v) is 5.04. The van der Waals surface area contributed by atoms with E-state index in [0.29, 0.717) is 12.6 Å². The number of carbonyl (C=O) groups is 2. The highest BCUT2D eigenvalue weighted by atomic mass is 32.1. The highest BCUT2D eigenvalue weighted by Crippen LogP contribution is 2.18. The van der Waals surface area contributed by atoms with Gasteiger partial charge in [-0.05, 0) is 25.8 Å². The van der Waals surface area contributed by atoms with Gasteiger partial charge in [0.2, 0.25) is 0 Å². The van der Waals surface area contributed by atoms with Gasteiger partial charge in [0.1, 0.15) is 0 Å². The first kappa shape index (κ1) is 13.0. The zero-order valence-electron chi connectivity index (χ0n) is 9.81. The molecule has 2 rings (SSSR count). The van der Waals surface area contributed by atoms with Gasteiger partial charge in [-0.2, -0.15) is 0 Å². The number of nitrogens with one attached hydrogen (secondary N) is 2. The number of hydrogen-bond donors (Lipinski definition) is 3. The van der Waals surface area contributed by atoms with Crippen molar-refractivity contribution >= 4 is 23.2 Å². The summed E-state index contributed by atoms with van der Waals surface area (Å²) in [6.07, 6.45) is 3.37. The molecule has 3 N–H and O–H groups in total. The van der Waals surface area contributed by atoms with Gasteiger partial charge in [-0.25, -0.2) is 9.78 Å². The number of carboxylic acids is 1. The average molecular weight is 269 g/mol. The first-order valence-electron chi connectivity index (χ1n) is 5.87. The van der Waals surface area contributed by atoms with Gasteiger partial charge in [0, 0.05) is 18.0 Å². The fourth-order valence-electron chi connectivity index (χ4n) is 1.44. The van der Waals surface area contributed by atoms with Crippen LogP contribution in [0.1, 0.15) is 39.6 Å². The maximum absolute atomic E-state index is 11.6. The Morgan fingerprint density at radius 1 is 1.44 bits per heavy atom. The van der Waals surface area contributed by atoms with E-state index >= 15 is 0 Å². The zero-order valence-corrected chi connectivity index (χ0v) is 10.6. The molecule has 1 aliphatic rings. The van der Waals surface area contributed by atoms with Crippen molar-refractivity contribution < 1.29 is 14.7 Å². The van der Waals surface area contributed by atoms with Crippen LogP contribution in [0.15, 0.2) is 5.38 Å². The first-order chi connectivity index (χ1) is 8.66. The number of rotatable bonds is 7. The van der Waals surface area contributed by atoms with E-state index in [1.165, 1.54) is 18.2 Å². The lowest BCUT2D eigenvalue weighted by molar-refractivity contribution is 0.0691. The Morgan fingerprint density at radius 2 is 2.22 bits per heavy atom. The third-order valence-corrected chi connectivity index (χ3v) is 3.41. The van der Waals surface area contributed by atoms with Crippen LogP contribution in [0.25, 0.3) is 0 Å². The molecule has 7 heteroatoms. The zero-order chi connectivity index (χ0) is 13.0. The number of aromatic nitrogens is 1. The van der Waals surface area contributed by atoms with Crippen molar-refractivity contribution in [3.63, 3.8) is 0 Å². The summed E-state index contributed by atoms with van der Waals surface area (Å²) in [6, 6.07) is 0.679. The van der Waals surface area contributed by atoms with Crippen LogP contribution < -0.4 is 10.6 Å². The number of amides is 1. The SMILES string of the molecule is O=C(O)c1csc(C(=O)NCCCNC2CC2)n1. The lowest BCUT2D eigenvalue weighted by Crippen LogP contribution is -2.27. The molecule has 0 bridgehead atoms. The summed E-state index contributed by atoms with van der Waals surface area (Å²) < 4.78 is 0. The van der Waals surface area contributed by atoms with Crippen molar-refractivity contribution in [2.75, 3.05) is 13.1 Å². The van der Waals surface area contributed by atoms with E-state index in [4.69, 9.17) is 5.11 Å². The first-order valence-corrected chi connectivity index (χ1v) is 6.75. The summed E-state index contributed by atoms with van der Waals surface area (Å²) in [5.41, 5.74) is -0.0828. The van der Waals surface area contributed by atoms with Crippen LogP contribution in [0.4, 0.5) is 0 Å². The second kappa shape index (κ2) is 5.92. The number of thiazole rings is 1. The molecule has 1 aromatic heterocycles. The Bertz CT molecular complexity index is 442. The maximum Gasteiger partial charge on any atom is 0.355 e. The van der Waals surface area contributed by atoms with Crippen LogP contribution in [0.3, 0.4) is 0 Å². The smallest absolute Gasteiger partial charge is 0.355 e. The van der Waals surface area contributed by atoms with Crippen molar-refractivity contribution in [2.24, 2.45) is 0 Å². The molecule has 98 valence electrons. The lowest BCUT2D eigenvalue weighted by atomic mass is 10.4. The third-order valence-electron chi connectivity index (χ3n) is 2.57. The molecular formula is C11H15N3O3S. The van der Waals surface area contributed by atoms with Crippen molar-refractivity contribution in [3.05, 3.63) is 16.1 Å².